The summed E-state index contributed by atoms with van der Waals surface area (Å²) in [6.45, 7) is 5.38. The highest BCUT2D eigenvalue weighted by Gasteiger charge is 2.01. The molecule has 0 saturated heterocycles. The maximum atomic E-state index is 11.8. The summed E-state index contributed by atoms with van der Waals surface area (Å²) in [5, 5.41) is 6.22. The molecule has 0 aliphatic carbocycles. The zero-order chi connectivity index (χ0) is 15.1. The van der Waals surface area contributed by atoms with Crippen LogP contribution >= 0.6 is 0 Å². The van der Waals surface area contributed by atoms with Gasteiger partial charge in [-0.2, -0.15) is 0 Å². The minimum atomic E-state index is 0.0655. The van der Waals surface area contributed by atoms with E-state index in [1.54, 1.807) is 0 Å². The van der Waals surface area contributed by atoms with Crippen molar-refractivity contribution < 1.29 is 4.79 Å². The second kappa shape index (κ2) is 7.48. The third-order valence-corrected chi connectivity index (χ3v) is 3.24. The maximum absolute atomic E-state index is 11.8. The lowest BCUT2D eigenvalue weighted by atomic mass is 10.1. The molecule has 110 valence electrons. The van der Waals surface area contributed by atoms with E-state index in [0.29, 0.717) is 19.5 Å². The van der Waals surface area contributed by atoms with Crippen LogP contribution in [0.3, 0.4) is 0 Å². The Balaban J connectivity index is 1.72. The molecule has 1 amide bonds. The van der Waals surface area contributed by atoms with Gasteiger partial charge < -0.3 is 10.6 Å². The summed E-state index contributed by atoms with van der Waals surface area (Å²) < 4.78 is 0. The highest BCUT2D eigenvalue weighted by Crippen LogP contribution is 2.13. The van der Waals surface area contributed by atoms with Crippen LogP contribution in [0.15, 0.2) is 48.5 Å². The lowest BCUT2D eigenvalue weighted by Crippen LogP contribution is -2.24. The largest absolute Gasteiger partial charge is 0.385 e. The fraction of sp³-hybridized carbons (Fsp3) is 0.278. The zero-order valence-corrected chi connectivity index (χ0v) is 12.6. The van der Waals surface area contributed by atoms with E-state index in [-0.39, 0.29) is 5.91 Å². The Hall–Kier alpha value is -2.29. The topological polar surface area (TPSA) is 41.1 Å². The summed E-state index contributed by atoms with van der Waals surface area (Å²) in [5.74, 6) is 0.0655. The summed E-state index contributed by atoms with van der Waals surface area (Å²) in [6, 6.07) is 16.3. The summed E-state index contributed by atoms with van der Waals surface area (Å²) in [5.41, 5.74) is 4.65. The predicted molar refractivity (Wildman–Crippen MR) is 87.3 cm³/mol. The first-order valence-corrected chi connectivity index (χ1v) is 7.26. The van der Waals surface area contributed by atoms with E-state index in [2.05, 4.69) is 42.7 Å². The van der Waals surface area contributed by atoms with Crippen LogP contribution in [0.25, 0.3) is 0 Å². The molecule has 0 radical (unpaired) electrons. The van der Waals surface area contributed by atoms with Gasteiger partial charge in [0.15, 0.2) is 0 Å². The Bertz CT molecular complexity index is 573. The lowest BCUT2D eigenvalue weighted by Gasteiger charge is -2.09. The Labute approximate surface area is 126 Å². The Morgan fingerprint density at radius 2 is 1.67 bits per heavy atom. The lowest BCUT2D eigenvalue weighted by molar-refractivity contribution is -0.121. The van der Waals surface area contributed by atoms with Crippen molar-refractivity contribution in [3.05, 3.63) is 65.2 Å². The zero-order valence-electron chi connectivity index (χ0n) is 12.6. The van der Waals surface area contributed by atoms with Crippen molar-refractivity contribution >= 4 is 11.6 Å². The molecule has 2 N–H and O–H groups in total. The van der Waals surface area contributed by atoms with Crippen molar-refractivity contribution in [1.82, 2.24) is 5.32 Å². The van der Waals surface area contributed by atoms with E-state index in [9.17, 15) is 4.79 Å². The number of carbonyl (C=O) groups is 1. The van der Waals surface area contributed by atoms with Crippen molar-refractivity contribution in [1.29, 1.82) is 0 Å². The van der Waals surface area contributed by atoms with Gasteiger partial charge in [-0.25, -0.2) is 0 Å². The maximum Gasteiger partial charge on any atom is 0.222 e. The Morgan fingerprint density at radius 1 is 1.00 bits per heavy atom. The van der Waals surface area contributed by atoms with Gasteiger partial charge in [0.2, 0.25) is 5.91 Å². The third kappa shape index (κ3) is 5.30. The van der Waals surface area contributed by atoms with E-state index < -0.39 is 0 Å². The van der Waals surface area contributed by atoms with Gasteiger partial charge in [0.1, 0.15) is 0 Å². The molecule has 21 heavy (non-hydrogen) atoms. The van der Waals surface area contributed by atoms with E-state index in [1.165, 1.54) is 11.1 Å². The second-order valence-electron chi connectivity index (χ2n) is 5.32. The van der Waals surface area contributed by atoms with Crippen LogP contribution in [0.2, 0.25) is 0 Å². The third-order valence-electron chi connectivity index (χ3n) is 3.24. The van der Waals surface area contributed by atoms with E-state index in [1.807, 2.05) is 30.3 Å². The number of carbonyl (C=O) groups excluding carboxylic acids is 1. The first kappa shape index (κ1) is 15.1. The van der Waals surface area contributed by atoms with Gasteiger partial charge in [0.05, 0.1) is 0 Å². The molecular weight excluding hydrogens is 260 g/mol. The standard InChI is InChI=1S/C18H22N2O/c1-14-10-15(2)12-17(11-14)19-9-8-18(21)20-13-16-6-4-3-5-7-16/h3-7,10-12,19H,8-9,13H2,1-2H3,(H,20,21). The Morgan fingerprint density at radius 3 is 2.33 bits per heavy atom. The van der Waals surface area contributed by atoms with Crippen LogP contribution in [0.4, 0.5) is 5.69 Å². The van der Waals surface area contributed by atoms with Crippen molar-refractivity contribution in [2.24, 2.45) is 0 Å². The normalized spacial score (nSPS) is 10.2. The van der Waals surface area contributed by atoms with Gasteiger partial charge in [-0.3, -0.25) is 4.79 Å². The van der Waals surface area contributed by atoms with Crippen LogP contribution in [0, 0.1) is 13.8 Å². The molecule has 0 saturated carbocycles. The fourth-order valence-electron chi connectivity index (χ4n) is 2.28. The predicted octanol–water partition coefficient (Wildman–Crippen LogP) is 3.42. The van der Waals surface area contributed by atoms with Gasteiger partial charge in [-0.1, -0.05) is 36.4 Å². The minimum absolute atomic E-state index is 0.0655. The van der Waals surface area contributed by atoms with Gasteiger partial charge in [0, 0.05) is 25.2 Å². The molecule has 3 heteroatoms. The summed E-state index contributed by atoms with van der Waals surface area (Å²) in [6.07, 6.45) is 0.472. The van der Waals surface area contributed by atoms with Gasteiger partial charge in [-0.05, 0) is 42.7 Å². The van der Waals surface area contributed by atoms with Crippen LogP contribution in [0.5, 0.6) is 0 Å². The molecule has 0 fully saturated rings. The molecule has 3 nitrogen and oxygen atoms in total. The molecule has 0 aromatic heterocycles. The monoisotopic (exact) mass is 282 g/mol. The van der Waals surface area contributed by atoms with Crippen LogP contribution in [-0.4, -0.2) is 12.5 Å². The van der Waals surface area contributed by atoms with E-state index >= 15 is 0 Å². The smallest absolute Gasteiger partial charge is 0.222 e. The highest BCUT2D eigenvalue weighted by molar-refractivity contribution is 5.76. The van der Waals surface area contributed by atoms with Crippen LogP contribution in [0.1, 0.15) is 23.1 Å². The number of rotatable bonds is 6. The van der Waals surface area contributed by atoms with Crippen molar-refractivity contribution in [2.45, 2.75) is 26.8 Å². The van der Waals surface area contributed by atoms with Crippen molar-refractivity contribution in [2.75, 3.05) is 11.9 Å². The summed E-state index contributed by atoms with van der Waals surface area (Å²) in [7, 11) is 0. The molecule has 0 unspecified atom stereocenters. The van der Waals surface area contributed by atoms with Crippen molar-refractivity contribution in [3.63, 3.8) is 0 Å². The average Bonchev–Trinajstić information content (AvgIpc) is 2.45. The van der Waals surface area contributed by atoms with E-state index in [4.69, 9.17) is 0 Å². The molecular formula is C18H22N2O. The van der Waals surface area contributed by atoms with E-state index in [0.717, 1.165) is 11.3 Å². The first-order chi connectivity index (χ1) is 10.1. The molecule has 0 heterocycles. The first-order valence-electron chi connectivity index (χ1n) is 7.26. The molecule has 0 aliphatic heterocycles. The molecule has 0 spiro atoms. The van der Waals surface area contributed by atoms with Gasteiger partial charge in [0.25, 0.3) is 0 Å². The fourth-order valence-corrected chi connectivity index (χ4v) is 2.28. The number of benzene rings is 2. The minimum Gasteiger partial charge on any atom is -0.385 e. The number of hydrogen-bond acceptors (Lipinski definition) is 2. The molecule has 0 aliphatic rings. The molecule has 0 bridgehead atoms. The van der Waals surface area contributed by atoms with Crippen molar-refractivity contribution in [3.8, 4) is 0 Å². The summed E-state index contributed by atoms with van der Waals surface area (Å²) in [4.78, 5) is 11.8. The van der Waals surface area contributed by atoms with Gasteiger partial charge >= 0.3 is 0 Å². The quantitative estimate of drug-likeness (QED) is 0.852. The number of aryl methyl sites for hydroxylation is 2. The van der Waals surface area contributed by atoms with Gasteiger partial charge in [-0.15, -0.1) is 0 Å². The number of hydrogen-bond donors (Lipinski definition) is 2. The molecule has 2 rings (SSSR count). The number of nitrogens with one attached hydrogen (secondary N) is 2. The number of anilines is 1. The summed E-state index contributed by atoms with van der Waals surface area (Å²) >= 11 is 0. The Kier molecular flexibility index (Phi) is 5.38. The van der Waals surface area contributed by atoms with Crippen LogP contribution in [-0.2, 0) is 11.3 Å². The SMILES string of the molecule is Cc1cc(C)cc(NCCC(=O)NCc2ccccc2)c1. The second-order valence-corrected chi connectivity index (χ2v) is 5.32. The molecule has 0 atom stereocenters. The highest BCUT2D eigenvalue weighted by atomic mass is 16.1. The average molecular weight is 282 g/mol. The van der Waals surface area contributed by atoms with Crippen LogP contribution < -0.4 is 10.6 Å². The molecule has 2 aromatic rings. The molecule has 2 aromatic carbocycles. The number of amides is 1.